The van der Waals surface area contributed by atoms with Gasteiger partial charge in [0, 0.05) is 0 Å². The molecule has 3 rings (SSSR count). The van der Waals surface area contributed by atoms with E-state index in [9.17, 15) is 4.79 Å². The fourth-order valence-electron chi connectivity index (χ4n) is 4.49. The van der Waals surface area contributed by atoms with Gasteiger partial charge in [0.1, 0.15) is 11.5 Å². The highest BCUT2D eigenvalue weighted by Gasteiger charge is 2.21. The van der Waals surface area contributed by atoms with Crippen molar-refractivity contribution in [3.05, 3.63) is 59.7 Å². The van der Waals surface area contributed by atoms with Crippen LogP contribution in [-0.2, 0) is 6.42 Å². The molecule has 0 aliphatic heterocycles. The smallest absolute Gasteiger partial charge is 0.343 e. The van der Waals surface area contributed by atoms with Crippen molar-refractivity contribution >= 4 is 5.97 Å². The molecule has 0 spiro atoms. The van der Waals surface area contributed by atoms with E-state index in [2.05, 4.69) is 20.8 Å². The molecule has 32 heavy (non-hydrogen) atoms. The monoisotopic (exact) mass is 436 g/mol. The van der Waals surface area contributed by atoms with E-state index in [0.717, 1.165) is 31.1 Å². The lowest BCUT2D eigenvalue weighted by atomic mass is 9.80. The molecule has 2 aromatic rings. The van der Waals surface area contributed by atoms with Gasteiger partial charge in [-0.25, -0.2) is 4.79 Å². The molecule has 0 saturated heterocycles. The first-order chi connectivity index (χ1) is 15.6. The zero-order valence-corrected chi connectivity index (χ0v) is 20.1. The van der Waals surface area contributed by atoms with Crippen LogP contribution < -0.4 is 9.47 Å². The molecule has 1 aliphatic rings. The van der Waals surface area contributed by atoms with Crippen LogP contribution in [0.4, 0.5) is 0 Å². The second kappa shape index (κ2) is 12.7. The summed E-state index contributed by atoms with van der Waals surface area (Å²) in [4.78, 5) is 12.5. The van der Waals surface area contributed by atoms with E-state index in [-0.39, 0.29) is 5.97 Å². The zero-order valence-electron chi connectivity index (χ0n) is 20.1. The Morgan fingerprint density at radius 2 is 1.53 bits per heavy atom. The van der Waals surface area contributed by atoms with Gasteiger partial charge in [0.25, 0.3) is 0 Å². The summed E-state index contributed by atoms with van der Waals surface area (Å²) in [6.07, 6.45) is 11.5. The fraction of sp³-hybridized carbons (Fsp3) is 0.552. The van der Waals surface area contributed by atoms with Crippen LogP contribution in [0.5, 0.6) is 11.5 Å². The van der Waals surface area contributed by atoms with Crippen molar-refractivity contribution in [1.29, 1.82) is 0 Å². The number of unbranched alkanes of at least 4 members (excludes halogenated alkanes) is 1. The van der Waals surface area contributed by atoms with Crippen LogP contribution in [0, 0.1) is 17.8 Å². The van der Waals surface area contributed by atoms with E-state index in [1.54, 1.807) is 12.1 Å². The average Bonchev–Trinajstić information content (AvgIpc) is 2.83. The third-order valence-corrected chi connectivity index (χ3v) is 6.92. The summed E-state index contributed by atoms with van der Waals surface area (Å²) < 4.78 is 11.6. The van der Waals surface area contributed by atoms with Crippen molar-refractivity contribution in [1.82, 2.24) is 0 Å². The Balaban J connectivity index is 1.42. The highest BCUT2D eigenvalue weighted by molar-refractivity contribution is 5.91. The lowest BCUT2D eigenvalue weighted by Gasteiger charge is -2.28. The van der Waals surface area contributed by atoms with Crippen molar-refractivity contribution in [3.63, 3.8) is 0 Å². The summed E-state index contributed by atoms with van der Waals surface area (Å²) in [7, 11) is 0. The average molecular weight is 437 g/mol. The van der Waals surface area contributed by atoms with E-state index >= 15 is 0 Å². The predicted octanol–water partition coefficient (Wildman–Crippen LogP) is 7.87. The largest absolute Gasteiger partial charge is 0.493 e. The summed E-state index contributed by atoms with van der Waals surface area (Å²) in [6.45, 7) is 7.50. The Hall–Kier alpha value is -2.29. The summed E-state index contributed by atoms with van der Waals surface area (Å²) in [5.41, 5.74) is 1.81. The molecule has 3 heteroatoms. The molecule has 0 unspecified atom stereocenters. The maximum Gasteiger partial charge on any atom is 0.343 e. The standard InChI is InChI=1S/C29H40O3/c1-4-6-7-23-8-10-25(11-9-23)21-31-27-18-14-26(15-19-27)29(30)32-28-16-12-24(13-17-28)20-22(3)5-2/h12-19,22-23,25H,4-11,20-21H2,1-3H3/t22-,23?,25?/m0/s1. The lowest BCUT2D eigenvalue weighted by Crippen LogP contribution is -2.20. The number of rotatable bonds is 11. The topological polar surface area (TPSA) is 35.5 Å². The molecule has 1 aliphatic carbocycles. The highest BCUT2D eigenvalue weighted by Crippen LogP contribution is 2.32. The Morgan fingerprint density at radius 1 is 0.906 bits per heavy atom. The van der Waals surface area contributed by atoms with Crippen LogP contribution in [0.1, 0.15) is 88.1 Å². The number of carbonyl (C=O) groups is 1. The van der Waals surface area contributed by atoms with Gasteiger partial charge in [-0.2, -0.15) is 0 Å². The van der Waals surface area contributed by atoms with Crippen molar-refractivity contribution in [2.45, 2.75) is 78.6 Å². The number of benzene rings is 2. The molecule has 0 aromatic heterocycles. The summed E-state index contributed by atoms with van der Waals surface area (Å²) in [5, 5.41) is 0. The third-order valence-electron chi connectivity index (χ3n) is 6.92. The summed E-state index contributed by atoms with van der Waals surface area (Å²) in [6, 6.07) is 15.2. The Kier molecular flexibility index (Phi) is 9.64. The molecular weight excluding hydrogens is 396 g/mol. The van der Waals surface area contributed by atoms with E-state index in [1.807, 2.05) is 36.4 Å². The van der Waals surface area contributed by atoms with Crippen LogP contribution >= 0.6 is 0 Å². The fourth-order valence-corrected chi connectivity index (χ4v) is 4.49. The normalized spacial score (nSPS) is 19.3. The molecule has 3 nitrogen and oxygen atoms in total. The Labute approximate surface area is 194 Å². The molecule has 0 heterocycles. The van der Waals surface area contributed by atoms with Crippen molar-refractivity contribution in [2.24, 2.45) is 17.8 Å². The number of hydrogen-bond acceptors (Lipinski definition) is 3. The molecule has 174 valence electrons. The number of ether oxygens (including phenoxy) is 2. The molecule has 1 atom stereocenters. The van der Waals surface area contributed by atoms with Gasteiger partial charge in [-0.3, -0.25) is 0 Å². The van der Waals surface area contributed by atoms with Gasteiger partial charge in [0.2, 0.25) is 0 Å². The number of carbonyl (C=O) groups excluding carboxylic acids is 1. The maximum absolute atomic E-state index is 12.5. The van der Waals surface area contributed by atoms with Crippen LogP contribution in [0.2, 0.25) is 0 Å². The molecule has 0 amide bonds. The van der Waals surface area contributed by atoms with Crippen LogP contribution in [0.3, 0.4) is 0 Å². The van der Waals surface area contributed by atoms with Crippen LogP contribution in [0.15, 0.2) is 48.5 Å². The van der Waals surface area contributed by atoms with Gasteiger partial charge in [0.05, 0.1) is 12.2 Å². The van der Waals surface area contributed by atoms with Crippen LogP contribution in [-0.4, -0.2) is 12.6 Å². The predicted molar refractivity (Wildman–Crippen MR) is 131 cm³/mol. The minimum atomic E-state index is -0.336. The Bertz CT molecular complexity index is 801. The SMILES string of the molecule is CCCCC1CCC(COc2ccc(C(=O)Oc3ccc(C[C@@H](C)CC)cc3)cc2)CC1. The van der Waals surface area contributed by atoms with E-state index < -0.39 is 0 Å². The second-order valence-electron chi connectivity index (χ2n) is 9.62. The maximum atomic E-state index is 12.5. The number of hydrogen-bond donors (Lipinski definition) is 0. The molecule has 1 saturated carbocycles. The van der Waals surface area contributed by atoms with Gasteiger partial charge >= 0.3 is 5.97 Å². The minimum Gasteiger partial charge on any atom is -0.493 e. The molecule has 1 fully saturated rings. The molecular formula is C29H40O3. The third kappa shape index (κ3) is 7.69. The minimum absolute atomic E-state index is 0.336. The van der Waals surface area contributed by atoms with E-state index in [0.29, 0.717) is 23.1 Å². The summed E-state index contributed by atoms with van der Waals surface area (Å²) in [5.74, 6) is 3.30. The Morgan fingerprint density at radius 3 is 2.16 bits per heavy atom. The van der Waals surface area contributed by atoms with Gasteiger partial charge in [-0.05, 0) is 79.0 Å². The van der Waals surface area contributed by atoms with Crippen LogP contribution in [0.25, 0.3) is 0 Å². The molecule has 0 bridgehead atoms. The first-order valence-corrected chi connectivity index (χ1v) is 12.6. The molecule has 0 N–H and O–H groups in total. The molecule has 2 aromatic carbocycles. The second-order valence-corrected chi connectivity index (χ2v) is 9.62. The van der Waals surface area contributed by atoms with Gasteiger partial charge < -0.3 is 9.47 Å². The van der Waals surface area contributed by atoms with Crippen molar-refractivity contribution in [3.8, 4) is 11.5 Å². The first-order valence-electron chi connectivity index (χ1n) is 12.6. The van der Waals surface area contributed by atoms with Gasteiger partial charge in [0.15, 0.2) is 0 Å². The molecule has 0 radical (unpaired) electrons. The zero-order chi connectivity index (χ0) is 22.8. The summed E-state index contributed by atoms with van der Waals surface area (Å²) >= 11 is 0. The first kappa shape index (κ1) is 24.4. The van der Waals surface area contributed by atoms with Gasteiger partial charge in [-0.15, -0.1) is 0 Å². The van der Waals surface area contributed by atoms with E-state index in [1.165, 1.54) is 50.5 Å². The highest BCUT2D eigenvalue weighted by atomic mass is 16.5. The lowest BCUT2D eigenvalue weighted by molar-refractivity contribution is 0.0734. The van der Waals surface area contributed by atoms with E-state index in [4.69, 9.17) is 9.47 Å². The van der Waals surface area contributed by atoms with Crippen molar-refractivity contribution < 1.29 is 14.3 Å². The quantitative estimate of drug-likeness (QED) is 0.265. The number of esters is 1. The van der Waals surface area contributed by atoms with Crippen molar-refractivity contribution in [2.75, 3.05) is 6.61 Å². The van der Waals surface area contributed by atoms with Gasteiger partial charge in [-0.1, -0.05) is 71.4 Å².